The molecule has 2 unspecified atom stereocenters. The standard InChI is InChI=1S/C8H15NO2/c1-2-7-6-9-3-5-11-8(7)10-4-1/h7-9H,1-6H2. The zero-order chi connectivity index (χ0) is 7.52. The average molecular weight is 157 g/mol. The molecule has 2 heterocycles. The van der Waals surface area contributed by atoms with E-state index in [9.17, 15) is 0 Å². The van der Waals surface area contributed by atoms with Gasteiger partial charge < -0.3 is 14.8 Å². The summed E-state index contributed by atoms with van der Waals surface area (Å²) in [6.07, 6.45) is 2.52. The molecule has 2 aliphatic rings. The second kappa shape index (κ2) is 3.52. The van der Waals surface area contributed by atoms with Crippen LogP contribution >= 0.6 is 0 Å². The van der Waals surface area contributed by atoms with E-state index >= 15 is 0 Å². The predicted molar refractivity (Wildman–Crippen MR) is 41.3 cm³/mol. The third kappa shape index (κ3) is 1.72. The minimum Gasteiger partial charge on any atom is -0.352 e. The van der Waals surface area contributed by atoms with Crippen molar-refractivity contribution in [1.29, 1.82) is 0 Å². The summed E-state index contributed by atoms with van der Waals surface area (Å²) < 4.78 is 11.0. The van der Waals surface area contributed by atoms with Crippen LogP contribution in [0.25, 0.3) is 0 Å². The van der Waals surface area contributed by atoms with Gasteiger partial charge in [-0.1, -0.05) is 0 Å². The molecule has 0 aliphatic carbocycles. The highest BCUT2D eigenvalue weighted by Crippen LogP contribution is 2.21. The molecule has 64 valence electrons. The predicted octanol–water partition coefficient (Wildman–Crippen LogP) is 0.359. The Morgan fingerprint density at radius 3 is 3.09 bits per heavy atom. The molecule has 2 fully saturated rings. The summed E-state index contributed by atoms with van der Waals surface area (Å²) in [6.45, 7) is 3.70. The Kier molecular flexibility index (Phi) is 2.41. The van der Waals surface area contributed by atoms with Gasteiger partial charge in [0.1, 0.15) is 0 Å². The van der Waals surface area contributed by atoms with Crippen molar-refractivity contribution in [1.82, 2.24) is 5.32 Å². The molecule has 0 spiro atoms. The lowest BCUT2D eigenvalue weighted by Crippen LogP contribution is -2.34. The molecule has 2 rings (SSSR count). The monoisotopic (exact) mass is 157 g/mol. The van der Waals surface area contributed by atoms with E-state index in [1.54, 1.807) is 0 Å². The summed E-state index contributed by atoms with van der Waals surface area (Å²) in [4.78, 5) is 0. The maximum atomic E-state index is 5.52. The van der Waals surface area contributed by atoms with E-state index in [0.29, 0.717) is 5.92 Å². The van der Waals surface area contributed by atoms with E-state index in [2.05, 4.69) is 5.32 Å². The minimum atomic E-state index is 0.0822. The summed E-state index contributed by atoms with van der Waals surface area (Å²) in [7, 11) is 0. The van der Waals surface area contributed by atoms with Gasteiger partial charge in [-0.15, -0.1) is 0 Å². The topological polar surface area (TPSA) is 30.5 Å². The van der Waals surface area contributed by atoms with Crippen molar-refractivity contribution in [2.75, 3.05) is 26.3 Å². The third-order valence-corrected chi connectivity index (χ3v) is 2.35. The Hall–Kier alpha value is -0.120. The Morgan fingerprint density at radius 2 is 2.09 bits per heavy atom. The van der Waals surface area contributed by atoms with E-state index in [1.807, 2.05) is 0 Å². The normalized spacial score (nSPS) is 39.3. The van der Waals surface area contributed by atoms with Crippen LogP contribution in [0.4, 0.5) is 0 Å². The van der Waals surface area contributed by atoms with Gasteiger partial charge in [0.25, 0.3) is 0 Å². The molecular weight excluding hydrogens is 142 g/mol. The van der Waals surface area contributed by atoms with Crippen molar-refractivity contribution in [3.63, 3.8) is 0 Å². The van der Waals surface area contributed by atoms with Crippen LogP contribution in [0.1, 0.15) is 12.8 Å². The van der Waals surface area contributed by atoms with Crippen LogP contribution in [0.5, 0.6) is 0 Å². The smallest absolute Gasteiger partial charge is 0.161 e. The Bertz CT molecular complexity index is 115. The molecule has 2 aliphatic heterocycles. The Balaban J connectivity index is 1.93. The van der Waals surface area contributed by atoms with Crippen LogP contribution in [-0.2, 0) is 9.47 Å². The van der Waals surface area contributed by atoms with Gasteiger partial charge in [-0.3, -0.25) is 0 Å². The van der Waals surface area contributed by atoms with Gasteiger partial charge in [0.2, 0.25) is 0 Å². The summed E-state index contributed by atoms with van der Waals surface area (Å²) >= 11 is 0. The molecule has 0 bridgehead atoms. The number of rotatable bonds is 0. The lowest BCUT2D eigenvalue weighted by atomic mass is 10.0. The van der Waals surface area contributed by atoms with E-state index in [-0.39, 0.29) is 6.29 Å². The van der Waals surface area contributed by atoms with Crippen molar-refractivity contribution in [3.8, 4) is 0 Å². The highest BCUT2D eigenvalue weighted by molar-refractivity contribution is 4.72. The van der Waals surface area contributed by atoms with Crippen molar-refractivity contribution in [3.05, 3.63) is 0 Å². The molecule has 0 radical (unpaired) electrons. The van der Waals surface area contributed by atoms with Crippen LogP contribution in [0.2, 0.25) is 0 Å². The average Bonchev–Trinajstić information content (AvgIpc) is 2.28. The molecule has 2 atom stereocenters. The minimum absolute atomic E-state index is 0.0822. The lowest BCUT2D eigenvalue weighted by molar-refractivity contribution is -0.182. The Labute approximate surface area is 67.1 Å². The summed E-state index contributed by atoms with van der Waals surface area (Å²) in [5.74, 6) is 0.589. The van der Waals surface area contributed by atoms with E-state index in [1.165, 1.54) is 12.8 Å². The first-order valence-electron chi connectivity index (χ1n) is 4.41. The molecule has 11 heavy (non-hydrogen) atoms. The van der Waals surface area contributed by atoms with Crippen molar-refractivity contribution < 1.29 is 9.47 Å². The van der Waals surface area contributed by atoms with E-state index < -0.39 is 0 Å². The lowest BCUT2D eigenvalue weighted by Gasteiger charge is -2.29. The van der Waals surface area contributed by atoms with Crippen LogP contribution in [0, 0.1) is 5.92 Å². The quantitative estimate of drug-likeness (QED) is 0.550. The van der Waals surface area contributed by atoms with E-state index in [4.69, 9.17) is 9.47 Å². The molecule has 3 nitrogen and oxygen atoms in total. The van der Waals surface area contributed by atoms with Crippen molar-refractivity contribution in [2.24, 2.45) is 5.92 Å². The van der Waals surface area contributed by atoms with Gasteiger partial charge in [0.15, 0.2) is 6.29 Å². The molecule has 0 aromatic rings. The zero-order valence-electron chi connectivity index (χ0n) is 6.71. The highest BCUT2D eigenvalue weighted by Gasteiger charge is 2.27. The second-order valence-corrected chi connectivity index (χ2v) is 3.22. The third-order valence-electron chi connectivity index (χ3n) is 2.35. The second-order valence-electron chi connectivity index (χ2n) is 3.22. The van der Waals surface area contributed by atoms with Crippen LogP contribution in [-0.4, -0.2) is 32.6 Å². The highest BCUT2D eigenvalue weighted by atomic mass is 16.7. The largest absolute Gasteiger partial charge is 0.352 e. The van der Waals surface area contributed by atoms with Crippen molar-refractivity contribution >= 4 is 0 Å². The first kappa shape index (κ1) is 7.53. The van der Waals surface area contributed by atoms with Crippen molar-refractivity contribution in [2.45, 2.75) is 19.1 Å². The zero-order valence-corrected chi connectivity index (χ0v) is 6.71. The SMILES string of the molecule is C1COC2OCCNCC2C1. The molecule has 0 amide bonds. The maximum Gasteiger partial charge on any atom is 0.161 e. The Morgan fingerprint density at radius 1 is 1.18 bits per heavy atom. The van der Waals surface area contributed by atoms with Gasteiger partial charge in [0, 0.05) is 25.6 Å². The molecule has 0 aromatic carbocycles. The molecule has 1 N–H and O–H groups in total. The summed E-state index contributed by atoms with van der Waals surface area (Å²) in [5.41, 5.74) is 0. The number of hydrogen-bond donors (Lipinski definition) is 1. The fraction of sp³-hybridized carbons (Fsp3) is 1.00. The van der Waals surface area contributed by atoms with Gasteiger partial charge in [-0.2, -0.15) is 0 Å². The summed E-state index contributed by atoms with van der Waals surface area (Å²) in [5, 5.41) is 3.34. The van der Waals surface area contributed by atoms with Gasteiger partial charge >= 0.3 is 0 Å². The van der Waals surface area contributed by atoms with Gasteiger partial charge in [-0.25, -0.2) is 0 Å². The molecule has 2 saturated heterocycles. The van der Waals surface area contributed by atoms with Crippen LogP contribution in [0.3, 0.4) is 0 Å². The van der Waals surface area contributed by atoms with Gasteiger partial charge in [0.05, 0.1) is 6.61 Å². The van der Waals surface area contributed by atoms with Crippen LogP contribution < -0.4 is 5.32 Å². The molecule has 0 saturated carbocycles. The fourth-order valence-corrected chi connectivity index (χ4v) is 1.73. The maximum absolute atomic E-state index is 5.52. The van der Waals surface area contributed by atoms with Gasteiger partial charge in [-0.05, 0) is 12.8 Å². The molecule has 3 heteroatoms. The molecular formula is C8H15NO2. The number of ether oxygens (including phenoxy) is 2. The first-order chi connectivity index (χ1) is 5.47. The number of hydrogen-bond acceptors (Lipinski definition) is 3. The fourth-order valence-electron chi connectivity index (χ4n) is 1.73. The number of fused-ring (bicyclic) bond motifs is 1. The van der Waals surface area contributed by atoms with E-state index in [0.717, 1.165) is 26.3 Å². The summed E-state index contributed by atoms with van der Waals surface area (Å²) in [6, 6.07) is 0. The molecule has 0 aromatic heterocycles. The van der Waals surface area contributed by atoms with Crippen LogP contribution in [0.15, 0.2) is 0 Å². The number of nitrogens with one attached hydrogen (secondary N) is 1. The first-order valence-corrected chi connectivity index (χ1v) is 4.41.